The summed E-state index contributed by atoms with van der Waals surface area (Å²) in [6, 6.07) is 1.33. The van der Waals surface area contributed by atoms with Crippen LogP contribution in [0.5, 0.6) is 0 Å². The maximum absolute atomic E-state index is 4.15. The van der Waals surface area contributed by atoms with Gasteiger partial charge >= 0.3 is 0 Å². The zero-order valence-corrected chi connectivity index (χ0v) is 8.97. The van der Waals surface area contributed by atoms with Gasteiger partial charge in [0.25, 0.3) is 0 Å². The van der Waals surface area contributed by atoms with E-state index in [1.54, 1.807) is 11.3 Å². The van der Waals surface area contributed by atoms with Crippen LogP contribution in [0.3, 0.4) is 0 Å². The highest BCUT2D eigenvalue weighted by Gasteiger charge is 2.31. The molecule has 0 aliphatic carbocycles. The van der Waals surface area contributed by atoms with E-state index in [9.17, 15) is 0 Å². The first-order valence-corrected chi connectivity index (χ1v) is 5.83. The number of aromatic nitrogens is 1. The Kier molecular flexibility index (Phi) is 2.65. The molecule has 1 aliphatic heterocycles. The molecule has 72 valence electrons. The largest absolute Gasteiger partial charge is 0.311 e. The average Bonchev–Trinajstić information content (AvgIpc) is 2.71. The average molecular weight is 196 g/mol. The van der Waals surface area contributed by atoms with Crippen molar-refractivity contribution in [1.82, 2.24) is 10.3 Å². The van der Waals surface area contributed by atoms with Gasteiger partial charge in [0, 0.05) is 29.1 Å². The van der Waals surface area contributed by atoms with Crippen LogP contribution in [-0.4, -0.2) is 17.1 Å². The van der Waals surface area contributed by atoms with Crippen molar-refractivity contribution in [1.29, 1.82) is 0 Å². The number of hydrogen-bond donors (Lipinski definition) is 1. The minimum absolute atomic E-state index is 0.662. The molecule has 1 aromatic heterocycles. The van der Waals surface area contributed by atoms with Gasteiger partial charge in [-0.15, -0.1) is 11.3 Å². The second-order valence-corrected chi connectivity index (χ2v) is 4.75. The van der Waals surface area contributed by atoms with Crippen molar-refractivity contribution in [2.45, 2.75) is 44.7 Å². The number of hydrogen-bond acceptors (Lipinski definition) is 3. The Bertz CT molecular complexity index is 258. The highest BCUT2D eigenvalue weighted by Crippen LogP contribution is 2.33. The highest BCUT2D eigenvalue weighted by atomic mass is 32.1. The molecular formula is C10H16N2S. The smallest absolute Gasteiger partial charge is 0.0794 e. The molecule has 1 aromatic rings. The molecule has 0 bridgehead atoms. The lowest BCUT2D eigenvalue weighted by atomic mass is 9.96. The van der Waals surface area contributed by atoms with Crippen LogP contribution in [0, 0.1) is 0 Å². The summed E-state index contributed by atoms with van der Waals surface area (Å²) in [5, 5.41) is 3.62. The van der Waals surface area contributed by atoms with Crippen LogP contribution in [0.2, 0.25) is 0 Å². The lowest BCUT2D eigenvalue weighted by Gasteiger charge is -2.15. The predicted molar refractivity (Wildman–Crippen MR) is 56.1 cm³/mol. The molecule has 3 heteroatoms. The fourth-order valence-electron chi connectivity index (χ4n) is 2.22. The van der Waals surface area contributed by atoms with Crippen LogP contribution in [0.4, 0.5) is 0 Å². The molecular weight excluding hydrogens is 180 g/mol. The first kappa shape index (κ1) is 9.16. The molecule has 1 N–H and O–H groups in total. The molecule has 1 fully saturated rings. The van der Waals surface area contributed by atoms with Crippen molar-refractivity contribution in [2.75, 3.05) is 0 Å². The van der Waals surface area contributed by atoms with Gasteiger partial charge in [-0.05, 0) is 19.8 Å². The van der Waals surface area contributed by atoms with E-state index in [4.69, 9.17) is 0 Å². The standard InChI is InChI=1S/C10H16N2S/c1-3-9-8(4-7(2)12-9)10-5-11-6-13-10/h5-9,12H,3-4H2,1-2H3. The molecule has 0 saturated carbocycles. The van der Waals surface area contributed by atoms with E-state index in [1.807, 2.05) is 11.7 Å². The molecule has 0 aromatic carbocycles. The Labute approximate surface area is 83.4 Å². The quantitative estimate of drug-likeness (QED) is 0.785. The van der Waals surface area contributed by atoms with E-state index < -0.39 is 0 Å². The van der Waals surface area contributed by atoms with E-state index in [0.29, 0.717) is 18.0 Å². The van der Waals surface area contributed by atoms with Gasteiger partial charge in [0.2, 0.25) is 0 Å². The van der Waals surface area contributed by atoms with E-state index >= 15 is 0 Å². The Morgan fingerprint density at radius 3 is 3.15 bits per heavy atom. The highest BCUT2D eigenvalue weighted by molar-refractivity contribution is 7.09. The third-order valence-corrected chi connectivity index (χ3v) is 3.76. The Balaban J connectivity index is 2.14. The minimum Gasteiger partial charge on any atom is -0.311 e. The van der Waals surface area contributed by atoms with Crippen molar-refractivity contribution in [3.63, 3.8) is 0 Å². The summed E-state index contributed by atoms with van der Waals surface area (Å²) in [6.07, 6.45) is 4.51. The fourth-order valence-corrected chi connectivity index (χ4v) is 3.02. The van der Waals surface area contributed by atoms with Gasteiger partial charge in [0.1, 0.15) is 0 Å². The Morgan fingerprint density at radius 1 is 1.69 bits per heavy atom. The van der Waals surface area contributed by atoms with Gasteiger partial charge in [-0.3, -0.25) is 4.98 Å². The normalized spacial score (nSPS) is 33.8. The van der Waals surface area contributed by atoms with Crippen LogP contribution >= 0.6 is 11.3 Å². The molecule has 3 unspecified atom stereocenters. The van der Waals surface area contributed by atoms with Gasteiger partial charge < -0.3 is 5.32 Å². The topological polar surface area (TPSA) is 24.9 Å². The van der Waals surface area contributed by atoms with Crippen LogP contribution < -0.4 is 5.32 Å². The lowest BCUT2D eigenvalue weighted by Crippen LogP contribution is -2.28. The summed E-state index contributed by atoms with van der Waals surface area (Å²) in [4.78, 5) is 5.60. The predicted octanol–water partition coefficient (Wildman–Crippen LogP) is 2.39. The van der Waals surface area contributed by atoms with Crippen LogP contribution in [0.1, 0.15) is 37.5 Å². The number of rotatable bonds is 2. The maximum Gasteiger partial charge on any atom is 0.0794 e. The molecule has 0 radical (unpaired) electrons. The van der Waals surface area contributed by atoms with E-state index in [1.165, 1.54) is 17.7 Å². The number of nitrogens with one attached hydrogen (secondary N) is 1. The summed E-state index contributed by atoms with van der Waals surface area (Å²) in [6.45, 7) is 4.52. The SMILES string of the molecule is CCC1NC(C)CC1c1cncs1. The zero-order valence-electron chi connectivity index (χ0n) is 8.16. The first-order valence-electron chi connectivity index (χ1n) is 4.95. The molecule has 2 heterocycles. The third-order valence-electron chi connectivity index (χ3n) is 2.85. The molecule has 1 aliphatic rings. The zero-order chi connectivity index (χ0) is 9.26. The van der Waals surface area contributed by atoms with Gasteiger partial charge in [-0.1, -0.05) is 6.92 Å². The summed E-state index contributed by atoms with van der Waals surface area (Å²) in [5.41, 5.74) is 1.94. The second-order valence-electron chi connectivity index (χ2n) is 3.83. The molecule has 0 spiro atoms. The minimum atomic E-state index is 0.662. The molecule has 13 heavy (non-hydrogen) atoms. The van der Waals surface area contributed by atoms with Crippen LogP contribution in [0.25, 0.3) is 0 Å². The second kappa shape index (κ2) is 3.76. The van der Waals surface area contributed by atoms with Crippen molar-refractivity contribution < 1.29 is 0 Å². The first-order chi connectivity index (χ1) is 6.31. The Morgan fingerprint density at radius 2 is 2.54 bits per heavy atom. The monoisotopic (exact) mass is 196 g/mol. The van der Waals surface area contributed by atoms with Gasteiger partial charge in [-0.2, -0.15) is 0 Å². The van der Waals surface area contributed by atoms with E-state index in [0.717, 1.165) is 0 Å². The van der Waals surface area contributed by atoms with E-state index in [2.05, 4.69) is 24.1 Å². The van der Waals surface area contributed by atoms with Crippen LogP contribution in [0.15, 0.2) is 11.7 Å². The maximum atomic E-state index is 4.15. The van der Waals surface area contributed by atoms with Crippen molar-refractivity contribution >= 4 is 11.3 Å². The molecule has 3 atom stereocenters. The van der Waals surface area contributed by atoms with Crippen molar-refractivity contribution in [3.8, 4) is 0 Å². The third kappa shape index (κ3) is 1.76. The Hall–Kier alpha value is -0.410. The summed E-state index contributed by atoms with van der Waals surface area (Å²) >= 11 is 1.79. The summed E-state index contributed by atoms with van der Waals surface area (Å²) in [5.74, 6) is 0.701. The molecule has 2 rings (SSSR count). The number of thiazole rings is 1. The molecule has 0 amide bonds. The fraction of sp³-hybridized carbons (Fsp3) is 0.700. The van der Waals surface area contributed by atoms with Gasteiger partial charge in [0.15, 0.2) is 0 Å². The van der Waals surface area contributed by atoms with Crippen molar-refractivity contribution in [2.24, 2.45) is 0 Å². The van der Waals surface area contributed by atoms with E-state index in [-0.39, 0.29) is 0 Å². The van der Waals surface area contributed by atoms with Crippen molar-refractivity contribution in [3.05, 3.63) is 16.6 Å². The lowest BCUT2D eigenvalue weighted by molar-refractivity contribution is 0.520. The van der Waals surface area contributed by atoms with Gasteiger partial charge in [0.05, 0.1) is 5.51 Å². The van der Waals surface area contributed by atoms with Crippen LogP contribution in [-0.2, 0) is 0 Å². The number of nitrogens with zero attached hydrogens (tertiary/aromatic N) is 1. The summed E-state index contributed by atoms with van der Waals surface area (Å²) < 4.78 is 0. The van der Waals surface area contributed by atoms with Gasteiger partial charge in [-0.25, -0.2) is 0 Å². The summed E-state index contributed by atoms with van der Waals surface area (Å²) in [7, 11) is 0. The molecule has 1 saturated heterocycles. The molecule has 2 nitrogen and oxygen atoms in total.